The maximum absolute atomic E-state index is 11.8. The monoisotopic (exact) mass is 297 g/mol. The van der Waals surface area contributed by atoms with Crippen molar-refractivity contribution >= 4 is 11.8 Å². The second kappa shape index (κ2) is 7.87. The Bertz CT molecular complexity index is 359. The van der Waals surface area contributed by atoms with Gasteiger partial charge < -0.3 is 14.5 Å². The van der Waals surface area contributed by atoms with Crippen LogP contribution in [0.3, 0.4) is 0 Å². The Labute approximate surface area is 127 Å². The summed E-state index contributed by atoms with van der Waals surface area (Å²) in [7, 11) is 1.35. The number of methoxy groups -OCH3 is 1. The second-order valence-electron chi connectivity index (χ2n) is 5.87. The van der Waals surface area contributed by atoms with E-state index >= 15 is 0 Å². The number of likely N-dealkylation sites (N-methyl/N-ethyl adjacent to an activating group) is 1. The Balaban J connectivity index is 1.73. The standard InChI is InChI=1S/C15H27N3O3/c1-3-16-6-8-17(9-7-16)10-11-18-5-4-14(19)13(12-18)15(20)21-2/h13H,3-12H2,1-2H3. The highest BCUT2D eigenvalue weighted by Crippen LogP contribution is 2.14. The van der Waals surface area contributed by atoms with E-state index in [0.717, 1.165) is 52.4 Å². The number of piperazine rings is 1. The molecule has 0 aromatic rings. The van der Waals surface area contributed by atoms with Crippen LogP contribution in [0, 0.1) is 5.92 Å². The van der Waals surface area contributed by atoms with Gasteiger partial charge >= 0.3 is 5.97 Å². The van der Waals surface area contributed by atoms with Crippen molar-refractivity contribution in [3.05, 3.63) is 0 Å². The van der Waals surface area contributed by atoms with Crippen LogP contribution >= 0.6 is 0 Å². The number of rotatable bonds is 5. The largest absolute Gasteiger partial charge is 0.468 e. The predicted octanol–water partition coefficient (Wildman–Crippen LogP) is -0.312. The maximum Gasteiger partial charge on any atom is 0.317 e. The fraction of sp³-hybridized carbons (Fsp3) is 0.867. The van der Waals surface area contributed by atoms with Gasteiger partial charge in [-0.05, 0) is 6.54 Å². The number of ether oxygens (including phenoxy) is 1. The van der Waals surface area contributed by atoms with Gasteiger partial charge in [0.25, 0.3) is 0 Å². The zero-order valence-corrected chi connectivity index (χ0v) is 13.2. The Kier molecular flexibility index (Phi) is 6.14. The van der Waals surface area contributed by atoms with Gasteiger partial charge in [-0.1, -0.05) is 6.92 Å². The highest BCUT2D eigenvalue weighted by atomic mass is 16.5. The third-order valence-electron chi connectivity index (χ3n) is 4.63. The molecule has 0 spiro atoms. The fourth-order valence-electron chi connectivity index (χ4n) is 3.06. The van der Waals surface area contributed by atoms with Crippen LogP contribution in [0.2, 0.25) is 0 Å². The van der Waals surface area contributed by atoms with Gasteiger partial charge in [0.15, 0.2) is 0 Å². The predicted molar refractivity (Wildman–Crippen MR) is 80.1 cm³/mol. The molecule has 0 N–H and O–H groups in total. The molecule has 0 radical (unpaired) electrons. The minimum absolute atomic E-state index is 0.0228. The van der Waals surface area contributed by atoms with Gasteiger partial charge in [0.05, 0.1) is 7.11 Å². The van der Waals surface area contributed by atoms with E-state index in [1.54, 1.807) is 0 Å². The van der Waals surface area contributed by atoms with Gasteiger partial charge in [0, 0.05) is 58.8 Å². The van der Waals surface area contributed by atoms with E-state index in [2.05, 4.69) is 21.6 Å². The number of carbonyl (C=O) groups excluding carboxylic acids is 2. The zero-order valence-electron chi connectivity index (χ0n) is 13.2. The van der Waals surface area contributed by atoms with Gasteiger partial charge in [0.2, 0.25) is 0 Å². The van der Waals surface area contributed by atoms with E-state index in [9.17, 15) is 9.59 Å². The van der Waals surface area contributed by atoms with E-state index in [0.29, 0.717) is 13.0 Å². The molecular weight excluding hydrogens is 270 g/mol. The molecule has 0 aliphatic carbocycles. The van der Waals surface area contributed by atoms with Crippen LogP contribution in [0.5, 0.6) is 0 Å². The van der Waals surface area contributed by atoms with Gasteiger partial charge in [-0.15, -0.1) is 0 Å². The molecule has 2 heterocycles. The lowest BCUT2D eigenvalue weighted by atomic mass is 9.96. The molecule has 0 amide bonds. The van der Waals surface area contributed by atoms with Gasteiger partial charge in [-0.25, -0.2) is 0 Å². The quantitative estimate of drug-likeness (QED) is 0.512. The Morgan fingerprint density at radius 2 is 1.71 bits per heavy atom. The van der Waals surface area contributed by atoms with Gasteiger partial charge in [-0.3, -0.25) is 14.5 Å². The number of hydrogen-bond donors (Lipinski definition) is 0. The topological polar surface area (TPSA) is 53.1 Å². The summed E-state index contributed by atoms with van der Waals surface area (Å²) in [5.74, 6) is -0.948. The van der Waals surface area contributed by atoms with E-state index in [1.807, 2.05) is 0 Å². The van der Waals surface area contributed by atoms with Gasteiger partial charge in [-0.2, -0.15) is 0 Å². The molecule has 0 bridgehead atoms. The second-order valence-corrected chi connectivity index (χ2v) is 5.87. The molecule has 6 nitrogen and oxygen atoms in total. The summed E-state index contributed by atoms with van der Waals surface area (Å²) in [6.45, 7) is 11.0. The molecule has 2 fully saturated rings. The minimum atomic E-state index is -0.583. The summed E-state index contributed by atoms with van der Waals surface area (Å²) < 4.78 is 4.72. The van der Waals surface area contributed by atoms with Crippen molar-refractivity contribution in [1.29, 1.82) is 0 Å². The Hall–Kier alpha value is -0.980. The molecular formula is C15H27N3O3. The lowest BCUT2D eigenvalue weighted by Crippen LogP contribution is -2.50. The minimum Gasteiger partial charge on any atom is -0.468 e. The van der Waals surface area contributed by atoms with Crippen LogP contribution in [0.4, 0.5) is 0 Å². The summed E-state index contributed by atoms with van der Waals surface area (Å²) in [4.78, 5) is 30.5. The van der Waals surface area contributed by atoms with E-state index in [1.165, 1.54) is 7.11 Å². The van der Waals surface area contributed by atoms with Crippen LogP contribution in [0.15, 0.2) is 0 Å². The average Bonchev–Trinajstić information content (AvgIpc) is 2.53. The van der Waals surface area contributed by atoms with Crippen LogP contribution in [-0.2, 0) is 14.3 Å². The first-order valence-electron chi connectivity index (χ1n) is 7.91. The van der Waals surface area contributed by atoms with Crippen LogP contribution < -0.4 is 0 Å². The highest BCUT2D eigenvalue weighted by Gasteiger charge is 2.33. The summed E-state index contributed by atoms with van der Waals surface area (Å²) in [6.07, 6.45) is 0.462. The van der Waals surface area contributed by atoms with Crippen LogP contribution in [0.25, 0.3) is 0 Å². The number of likely N-dealkylation sites (tertiary alicyclic amines) is 1. The first kappa shape index (κ1) is 16.4. The fourth-order valence-corrected chi connectivity index (χ4v) is 3.06. The number of nitrogens with zero attached hydrogens (tertiary/aromatic N) is 3. The molecule has 0 aromatic heterocycles. The van der Waals surface area contributed by atoms with E-state index < -0.39 is 5.92 Å². The molecule has 6 heteroatoms. The summed E-state index contributed by atoms with van der Waals surface area (Å²) in [5.41, 5.74) is 0. The first-order chi connectivity index (χ1) is 10.1. The summed E-state index contributed by atoms with van der Waals surface area (Å²) >= 11 is 0. The number of carbonyl (C=O) groups is 2. The van der Waals surface area contributed by atoms with Crippen molar-refractivity contribution in [2.75, 3.05) is 66.0 Å². The first-order valence-corrected chi connectivity index (χ1v) is 7.91. The number of hydrogen-bond acceptors (Lipinski definition) is 6. The Morgan fingerprint density at radius 1 is 1.10 bits per heavy atom. The number of Topliss-reactive ketones (excluding diaryl/α,β-unsaturated/α-hetero) is 1. The van der Waals surface area contributed by atoms with Crippen molar-refractivity contribution in [3.63, 3.8) is 0 Å². The molecule has 120 valence electrons. The molecule has 2 aliphatic rings. The lowest BCUT2D eigenvalue weighted by molar-refractivity contribution is -0.151. The molecule has 0 saturated carbocycles. The average molecular weight is 297 g/mol. The molecule has 1 atom stereocenters. The zero-order chi connectivity index (χ0) is 15.2. The van der Waals surface area contributed by atoms with Crippen molar-refractivity contribution in [2.45, 2.75) is 13.3 Å². The molecule has 0 aromatic carbocycles. The molecule has 2 rings (SSSR count). The SMILES string of the molecule is CCN1CCN(CCN2CCC(=O)C(C(=O)OC)C2)CC1. The number of esters is 1. The van der Waals surface area contributed by atoms with Crippen molar-refractivity contribution < 1.29 is 14.3 Å². The van der Waals surface area contributed by atoms with E-state index in [-0.39, 0.29) is 11.8 Å². The third-order valence-corrected chi connectivity index (χ3v) is 4.63. The molecule has 1 unspecified atom stereocenters. The van der Waals surface area contributed by atoms with Gasteiger partial charge in [0.1, 0.15) is 11.7 Å². The molecule has 2 aliphatic heterocycles. The third kappa shape index (κ3) is 4.49. The van der Waals surface area contributed by atoms with E-state index in [4.69, 9.17) is 4.74 Å². The van der Waals surface area contributed by atoms with Crippen LogP contribution in [0.1, 0.15) is 13.3 Å². The number of piperidine rings is 1. The smallest absolute Gasteiger partial charge is 0.317 e. The van der Waals surface area contributed by atoms with Crippen molar-refractivity contribution in [3.8, 4) is 0 Å². The van der Waals surface area contributed by atoms with Crippen LogP contribution in [-0.4, -0.2) is 92.5 Å². The van der Waals surface area contributed by atoms with Crippen molar-refractivity contribution in [1.82, 2.24) is 14.7 Å². The van der Waals surface area contributed by atoms with Crippen molar-refractivity contribution in [2.24, 2.45) is 5.92 Å². The normalized spacial score (nSPS) is 26.0. The highest BCUT2D eigenvalue weighted by molar-refractivity contribution is 5.99. The summed E-state index contributed by atoms with van der Waals surface area (Å²) in [6, 6.07) is 0. The number of ketones is 1. The Morgan fingerprint density at radius 3 is 2.33 bits per heavy atom. The summed E-state index contributed by atoms with van der Waals surface area (Å²) in [5, 5.41) is 0. The molecule has 2 saturated heterocycles. The maximum atomic E-state index is 11.8. The lowest BCUT2D eigenvalue weighted by Gasteiger charge is -2.36. The molecule has 21 heavy (non-hydrogen) atoms.